The molecule has 2 fully saturated rings. The van der Waals surface area contributed by atoms with Crippen LogP contribution in [0.4, 0.5) is 0 Å². The molecule has 4 nitrogen and oxygen atoms in total. The highest BCUT2D eigenvalue weighted by molar-refractivity contribution is 5.79. The van der Waals surface area contributed by atoms with Crippen molar-refractivity contribution in [1.29, 1.82) is 0 Å². The lowest BCUT2D eigenvalue weighted by Gasteiger charge is -2.26. The van der Waals surface area contributed by atoms with Crippen LogP contribution < -0.4 is 10.6 Å². The molecule has 0 aliphatic carbocycles. The molecule has 0 bridgehead atoms. The highest BCUT2D eigenvalue weighted by Crippen LogP contribution is 2.17. The minimum Gasteiger partial charge on any atom is -0.381 e. The van der Waals surface area contributed by atoms with E-state index in [1.54, 1.807) is 0 Å². The third-order valence-corrected chi connectivity index (χ3v) is 3.34. The summed E-state index contributed by atoms with van der Waals surface area (Å²) in [6, 6.07) is 0. The molecular formula is C11H20N2O2. The van der Waals surface area contributed by atoms with Crippen LogP contribution in [0.1, 0.15) is 19.3 Å². The maximum atomic E-state index is 11.5. The Bertz CT molecular complexity index is 211. The molecule has 0 aromatic carbocycles. The number of carbonyl (C=O) groups is 1. The largest absolute Gasteiger partial charge is 0.381 e. The Balaban J connectivity index is 1.55. The van der Waals surface area contributed by atoms with E-state index in [9.17, 15) is 4.79 Å². The lowest BCUT2D eigenvalue weighted by Crippen LogP contribution is -2.51. The number of amides is 1. The zero-order chi connectivity index (χ0) is 10.5. The molecular weight excluding hydrogens is 192 g/mol. The van der Waals surface area contributed by atoms with Gasteiger partial charge in [0.15, 0.2) is 0 Å². The number of hydrogen-bond donors (Lipinski definition) is 2. The van der Waals surface area contributed by atoms with E-state index in [0.29, 0.717) is 0 Å². The highest BCUT2D eigenvalue weighted by Gasteiger charge is 2.24. The van der Waals surface area contributed by atoms with Gasteiger partial charge < -0.3 is 15.4 Å². The van der Waals surface area contributed by atoms with Crippen molar-refractivity contribution in [2.24, 2.45) is 11.8 Å². The summed E-state index contributed by atoms with van der Waals surface area (Å²) in [5.74, 6) is 1.19. The SMILES string of the molecule is O=C(NCCC1CCOCC1)C1CNC1. The predicted octanol–water partition coefficient (Wildman–Crippen LogP) is 0.139. The number of hydrogen-bond acceptors (Lipinski definition) is 3. The van der Waals surface area contributed by atoms with Crippen LogP contribution in [-0.4, -0.2) is 38.8 Å². The van der Waals surface area contributed by atoms with Gasteiger partial charge in [-0.2, -0.15) is 0 Å². The molecule has 0 aromatic rings. The molecule has 0 spiro atoms. The zero-order valence-electron chi connectivity index (χ0n) is 9.13. The van der Waals surface area contributed by atoms with Gasteiger partial charge in [0.1, 0.15) is 0 Å². The fourth-order valence-electron chi connectivity index (χ4n) is 2.05. The summed E-state index contributed by atoms with van der Waals surface area (Å²) in [4.78, 5) is 11.5. The summed E-state index contributed by atoms with van der Waals surface area (Å²) < 4.78 is 5.30. The van der Waals surface area contributed by atoms with Crippen LogP contribution in [0.15, 0.2) is 0 Å². The van der Waals surface area contributed by atoms with Crippen molar-refractivity contribution in [3.05, 3.63) is 0 Å². The van der Waals surface area contributed by atoms with Crippen molar-refractivity contribution < 1.29 is 9.53 Å². The predicted molar refractivity (Wildman–Crippen MR) is 57.5 cm³/mol. The van der Waals surface area contributed by atoms with E-state index >= 15 is 0 Å². The van der Waals surface area contributed by atoms with Crippen molar-refractivity contribution in [3.8, 4) is 0 Å². The summed E-state index contributed by atoms with van der Waals surface area (Å²) in [5, 5.41) is 6.12. The van der Waals surface area contributed by atoms with Gasteiger partial charge in [0, 0.05) is 32.8 Å². The van der Waals surface area contributed by atoms with Gasteiger partial charge in [-0.1, -0.05) is 0 Å². The maximum absolute atomic E-state index is 11.5. The number of carbonyl (C=O) groups excluding carboxylic acids is 1. The zero-order valence-corrected chi connectivity index (χ0v) is 9.13. The average molecular weight is 212 g/mol. The normalized spacial score (nSPS) is 23.5. The van der Waals surface area contributed by atoms with Crippen molar-refractivity contribution in [2.75, 3.05) is 32.8 Å². The van der Waals surface area contributed by atoms with E-state index in [2.05, 4.69) is 10.6 Å². The Morgan fingerprint density at radius 2 is 2.07 bits per heavy atom. The number of nitrogens with one attached hydrogen (secondary N) is 2. The van der Waals surface area contributed by atoms with E-state index in [1.165, 1.54) is 0 Å². The van der Waals surface area contributed by atoms with Gasteiger partial charge in [0.05, 0.1) is 5.92 Å². The third-order valence-electron chi connectivity index (χ3n) is 3.34. The van der Waals surface area contributed by atoms with Gasteiger partial charge in [0.2, 0.25) is 5.91 Å². The number of rotatable bonds is 4. The monoisotopic (exact) mass is 212 g/mol. The topological polar surface area (TPSA) is 50.4 Å². The molecule has 1 amide bonds. The Labute approximate surface area is 90.8 Å². The molecule has 86 valence electrons. The first-order chi connectivity index (χ1) is 7.36. The van der Waals surface area contributed by atoms with Crippen LogP contribution in [0.2, 0.25) is 0 Å². The van der Waals surface area contributed by atoms with Crippen molar-refractivity contribution in [3.63, 3.8) is 0 Å². The van der Waals surface area contributed by atoms with Gasteiger partial charge in [-0.05, 0) is 25.2 Å². The van der Waals surface area contributed by atoms with Gasteiger partial charge in [-0.15, -0.1) is 0 Å². The van der Waals surface area contributed by atoms with E-state index in [1.807, 2.05) is 0 Å². The molecule has 2 aliphatic rings. The molecule has 2 saturated heterocycles. The van der Waals surface area contributed by atoms with Gasteiger partial charge in [-0.3, -0.25) is 4.79 Å². The molecule has 2 heterocycles. The Morgan fingerprint density at radius 3 is 2.67 bits per heavy atom. The standard InChI is InChI=1S/C11H20N2O2/c14-11(10-7-12-8-10)13-4-1-9-2-5-15-6-3-9/h9-10,12H,1-8H2,(H,13,14). The first-order valence-electron chi connectivity index (χ1n) is 5.92. The summed E-state index contributed by atoms with van der Waals surface area (Å²) in [5.41, 5.74) is 0. The fraction of sp³-hybridized carbons (Fsp3) is 0.909. The fourth-order valence-corrected chi connectivity index (χ4v) is 2.05. The number of ether oxygens (including phenoxy) is 1. The van der Waals surface area contributed by atoms with Gasteiger partial charge in [0.25, 0.3) is 0 Å². The van der Waals surface area contributed by atoms with Crippen LogP contribution >= 0.6 is 0 Å². The first-order valence-corrected chi connectivity index (χ1v) is 5.92. The highest BCUT2D eigenvalue weighted by atomic mass is 16.5. The second-order valence-corrected chi connectivity index (χ2v) is 4.49. The lowest BCUT2D eigenvalue weighted by molar-refractivity contribution is -0.126. The molecule has 0 aromatic heterocycles. The Kier molecular flexibility index (Phi) is 3.97. The summed E-state index contributed by atoms with van der Waals surface area (Å²) in [6.45, 7) is 4.32. The second-order valence-electron chi connectivity index (χ2n) is 4.49. The van der Waals surface area contributed by atoms with E-state index in [-0.39, 0.29) is 11.8 Å². The van der Waals surface area contributed by atoms with Crippen molar-refractivity contribution in [1.82, 2.24) is 10.6 Å². The van der Waals surface area contributed by atoms with Crippen LogP contribution in [0.3, 0.4) is 0 Å². The van der Waals surface area contributed by atoms with Gasteiger partial charge in [-0.25, -0.2) is 0 Å². The molecule has 4 heteroatoms. The molecule has 0 radical (unpaired) electrons. The van der Waals surface area contributed by atoms with E-state index in [4.69, 9.17) is 4.74 Å². The average Bonchev–Trinajstić information content (AvgIpc) is 2.16. The first kappa shape index (κ1) is 10.9. The van der Waals surface area contributed by atoms with Crippen LogP contribution in [-0.2, 0) is 9.53 Å². The van der Waals surface area contributed by atoms with Crippen molar-refractivity contribution >= 4 is 5.91 Å². The molecule has 15 heavy (non-hydrogen) atoms. The molecule has 2 N–H and O–H groups in total. The third kappa shape index (κ3) is 3.18. The van der Waals surface area contributed by atoms with Crippen LogP contribution in [0, 0.1) is 11.8 Å². The summed E-state index contributed by atoms with van der Waals surface area (Å²) in [6.07, 6.45) is 3.41. The minimum atomic E-state index is 0.222. The summed E-state index contributed by atoms with van der Waals surface area (Å²) in [7, 11) is 0. The second kappa shape index (κ2) is 5.47. The van der Waals surface area contributed by atoms with E-state index in [0.717, 1.165) is 58.0 Å². The Morgan fingerprint density at radius 1 is 1.33 bits per heavy atom. The van der Waals surface area contributed by atoms with E-state index < -0.39 is 0 Å². The van der Waals surface area contributed by atoms with Crippen LogP contribution in [0.25, 0.3) is 0 Å². The minimum absolute atomic E-state index is 0.222. The lowest BCUT2D eigenvalue weighted by atomic mass is 9.96. The quantitative estimate of drug-likeness (QED) is 0.697. The summed E-state index contributed by atoms with van der Waals surface area (Å²) >= 11 is 0. The smallest absolute Gasteiger partial charge is 0.225 e. The maximum Gasteiger partial charge on any atom is 0.225 e. The van der Waals surface area contributed by atoms with Crippen LogP contribution in [0.5, 0.6) is 0 Å². The molecule has 2 aliphatic heterocycles. The molecule has 0 atom stereocenters. The molecule has 2 rings (SSSR count). The molecule has 0 saturated carbocycles. The molecule has 0 unspecified atom stereocenters. The Hall–Kier alpha value is -0.610. The van der Waals surface area contributed by atoms with Crippen molar-refractivity contribution in [2.45, 2.75) is 19.3 Å². The van der Waals surface area contributed by atoms with Gasteiger partial charge >= 0.3 is 0 Å².